The lowest BCUT2D eigenvalue weighted by Gasteiger charge is -2.17. The zero-order valence-corrected chi connectivity index (χ0v) is 11.5. The molecule has 1 aliphatic carbocycles. The molecule has 110 valence electrons. The van der Waals surface area contributed by atoms with Crippen LogP contribution in [0.15, 0.2) is 18.2 Å². The fraction of sp³-hybridized carbons (Fsp3) is 0.462. The SMILES string of the molecule is CC(Nc1ccc(Cl)c(C(F)(F)F)c1)C(=O)NC1CC1. The molecular formula is C13H14ClF3N2O. The van der Waals surface area contributed by atoms with Crippen LogP contribution in [-0.2, 0) is 11.0 Å². The Hall–Kier alpha value is -1.43. The highest BCUT2D eigenvalue weighted by molar-refractivity contribution is 6.31. The van der Waals surface area contributed by atoms with E-state index in [9.17, 15) is 18.0 Å². The quantitative estimate of drug-likeness (QED) is 0.894. The van der Waals surface area contributed by atoms with Gasteiger partial charge in [0.2, 0.25) is 5.91 Å². The number of rotatable bonds is 4. The van der Waals surface area contributed by atoms with E-state index in [1.165, 1.54) is 6.07 Å². The van der Waals surface area contributed by atoms with Gasteiger partial charge in [-0.15, -0.1) is 0 Å². The molecule has 3 nitrogen and oxygen atoms in total. The van der Waals surface area contributed by atoms with Crippen molar-refractivity contribution < 1.29 is 18.0 Å². The average Bonchev–Trinajstić information content (AvgIpc) is 3.14. The van der Waals surface area contributed by atoms with Gasteiger partial charge in [0, 0.05) is 11.7 Å². The second-order valence-corrected chi connectivity index (χ2v) is 5.25. The number of carbonyl (C=O) groups is 1. The summed E-state index contributed by atoms with van der Waals surface area (Å²) in [4.78, 5) is 11.7. The van der Waals surface area contributed by atoms with Gasteiger partial charge in [-0.1, -0.05) is 11.6 Å². The first-order chi connectivity index (χ1) is 9.27. The van der Waals surface area contributed by atoms with Gasteiger partial charge in [0.15, 0.2) is 0 Å². The number of hydrogen-bond donors (Lipinski definition) is 2. The summed E-state index contributed by atoms with van der Waals surface area (Å²) in [5.41, 5.74) is -0.709. The van der Waals surface area contributed by atoms with E-state index in [-0.39, 0.29) is 22.7 Å². The molecule has 1 aliphatic rings. The van der Waals surface area contributed by atoms with E-state index in [0.717, 1.165) is 25.0 Å². The molecule has 1 aromatic rings. The van der Waals surface area contributed by atoms with Crippen molar-refractivity contribution >= 4 is 23.2 Å². The normalized spacial score (nSPS) is 16.6. The van der Waals surface area contributed by atoms with E-state index in [2.05, 4.69) is 10.6 Å². The van der Waals surface area contributed by atoms with Crippen LogP contribution in [0.3, 0.4) is 0 Å². The van der Waals surface area contributed by atoms with Crippen molar-refractivity contribution in [3.8, 4) is 0 Å². The van der Waals surface area contributed by atoms with Gasteiger partial charge >= 0.3 is 6.18 Å². The van der Waals surface area contributed by atoms with E-state index in [1.54, 1.807) is 6.92 Å². The average molecular weight is 307 g/mol. The lowest BCUT2D eigenvalue weighted by atomic mass is 10.1. The number of anilines is 1. The minimum Gasteiger partial charge on any atom is -0.374 e. The first-order valence-corrected chi connectivity index (χ1v) is 6.59. The van der Waals surface area contributed by atoms with E-state index in [4.69, 9.17) is 11.6 Å². The van der Waals surface area contributed by atoms with Crippen LogP contribution >= 0.6 is 11.6 Å². The molecule has 0 radical (unpaired) electrons. The summed E-state index contributed by atoms with van der Waals surface area (Å²) in [6.07, 6.45) is -2.61. The Morgan fingerprint density at radius 1 is 1.40 bits per heavy atom. The molecule has 0 heterocycles. The van der Waals surface area contributed by atoms with Crippen LogP contribution in [0.25, 0.3) is 0 Å². The van der Waals surface area contributed by atoms with Gasteiger partial charge in [-0.2, -0.15) is 13.2 Å². The molecule has 1 saturated carbocycles. The number of alkyl halides is 3. The Bertz CT molecular complexity index is 515. The van der Waals surface area contributed by atoms with Crippen LogP contribution in [-0.4, -0.2) is 18.0 Å². The maximum atomic E-state index is 12.7. The third-order valence-corrected chi connectivity index (χ3v) is 3.30. The van der Waals surface area contributed by atoms with Gasteiger partial charge in [0.1, 0.15) is 6.04 Å². The molecule has 0 saturated heterocycles. The van der Waals surface area contributed by atoms with Crippen LogP contribution in [0, 0.1) is 0 Å². The highest BCUT2D eigenvalue weighted by Crippen LogP contribution is 2.36. The van der Waals surface area contributed by atoms with Gasteiger partial charge in [0.25, 0.3) is 0 Å². The molecule has 1 amide bonds. The summed E-state index contributed by atoms with van der Waals surface area (Å²) in [5.74, 6) is -0.226. The third-order valence-electron chi connectivity index (χ3n) is 2.97. The number of benzene rings is 1. The molecule has 2 rings (SSSR count). The predicted molar refractivity (Wildman–Crippen MR) is 70.7 cm³/mol. The summed E-state index contributed by atoms with van der Waals surface area (Å²) >= 11 is 5.53. The van der Waals surface area contributed by atoms with Gasteiger partial charge in [0.05, 0.1) is 10.6 Å². The molecule has 0 aromatic heterocycles. The largest absolute Gasteiger partial charge is 0.417 e. The maximum Gasteiger partial charge on any atom is 0.417 e. The molecule has 0 spiro atoms. The Balaban J connectivity index is 2.07. The monoisotopic (exact) mass is 306 g/mol. The van der Waals surface area contributed by atoms with Crippen LogP contribution in [0.5, 0.6) is 0 Å². The van der Waals surface area contributed by atoms with E-state index in [0.29, 0.717) is 0 Å². The smallest absolute Gasteiger partial charge is 0.374 e. The third kappa shape index (κ3) is 3.79. The second-order valence-electron chi connectivity index (χ2n) is 4.84. The molecule has 2 N–H and O–H groups in total. The first-order valence-electron chi connectivity index (χ1n) is 6.21. The summed E-state index contributed by atoms with van der Waals surface area (Å²) in [5, 5.41) is 5.16. The number of carbonyl (C=O) groups excluding carboxylic acids is 1. The fourth-order valence-electron chi connectivity index (χ4n) is 1.70. The van der Waals surface area contributed by atoms with Gasteiger partial charge in [-0.05, 0) is 38.0 Å². The van der Waals surface area contributed by atoms with E-state index >= 15 is 0 Å². The summed E-state index contributed by atoms with van der Waals surface area (Å²) in [6.45, 7) is 1.60. The highest BCUT2D eigenvalue weighted by atomic mass is 35.5. The molecule has 20 heavy (non-hydrogen) atoms. The Morgan fingerprint density at radius 3 is 2.60 bits per heavy atom. The van der Waals surface area contributed by atoms with Gasteiger partial charge in [-0.3, -0.25) is 4.79 Å². The van der Waals surface area contributed by atoms with Crippen molar-refractivity contribution in [3.05, 3.63) is 28.8 Å². The molecular weight excluding hydrogens is 293 g/mol. The van der Waals surface area contributed by atoms with E-state index < -0.39 is 17.8 Å². The van der Waals surface area contributed by atoms with Crippen molar-refractivity contribution in [2.75, 3.05) is 5.32 Å². The Kier molecular flexibility index (Phi) is 4.13. The van der Waals surface area contributed by atoms with Crippen molar-refractivity contribution in [2.45, 2.75) is 38.0 Å². The predicted octanol–water partition coefficient (Wildman–Crippen LogP) is 3.44. The molecule has 1 atom stereocenters. The molecule has 1 aromatic carbocycles. The van der Waals surface area contributed by atoms with Crippen LogP contribution in [0.4, 0.5) is 18.9 Å². The minimum absolute atomic E-state index is 0.208. The lowest BCUT2D eigenvalue weighted by Crippen LogP contribution is -2.38. The minimum atomic E-state index is -4.52. The standard InChI is InChI=1S/C13H14ClF3N2O/c1-7(12(20)19-8-2-3-8)18-9-4-5-11(14)10(6-9)13(15,16)17/h4-8,18H,2-3H2,1H3,(H,19,20). The number of halogens is 4. The van der Waals surface area contributed by atoms with Crippen molar-refractivity contribution in [1.29, 1.82) is 0 Å². The van der Waals surface area contributed by atoms with Crippen molar-refractivity contribution in [2.24, 2.45) is 0 Å². The van der Waals surface area contributed by atoms with Gasteiger partial charge in [-0.25, -0.2) is 0 Å². The molecule has 7 heteroatoms. The summed E-state index contributed by atoms with van der Waals surface area (Å²) < 4.78 is 38.1. The number of amides is 1. The molecule has 1 fully saturated rings. The summed E-state index contributed by atoms with van der Waals surface area (Å²) in [7, 11) is 0. The van der Waals surface area contributed by atoms with E-state index in [1.807, 2.05) is 0 Å². The molecule has 0 aliphatic heterocycles. The maximum absolute atomic E-state index is 12.7. The van der Waals surface area contributed by atoms with Gasteiger partial charge < -0.3 is 10.6 Å². The number of hydrogen-bond acceptors (Lipinski definition) is 2. The van der Waals surface area contributed by atoms with Crippen molar-refractivity contribution in [1.82, 2.24) is 5.32 Å². The fourth-order valence-corrected chi connectivity index (χ4v) is 1.93. The first kappa shape index (κ1) is 15.0. The number of nitrogens with one attached hydrogen (secondary N) is 2. The van der Waals surface area contributed by atoms with Crippen molar-refractivity contribution in [3.63, 3.8) is 0 Å². The Morgan fingerprint density at radius 2 is 2.05 bits per heavy atom. The highest BCUT2D eigenvalue weighted by Gasteiger charge is 2.33. The van der Waals surface area contributed by atoms with Crippen LogP contribution < -0.4 is 10.6 Å². The van der Waals surface area contributed by atoms with Crippen LogP contribution in [0.1, 0.15) is 25.3 Å². The second kappa shape index (κ2) is 5.52. The zero-order valence-electron chi connectivity index (χ0n) is 10.7. The topological polar surface area (TPSA) is 41.1 Å². The van der Waals surface area contributed by atoms with Crippen LogP contribution in [0.2, 0.25) is 5.02 Å². The Labute approximate surface area is 119 Å². The summed E-state index contributed by atoms with van der Waals surface area (Å²) in [6, 6.07) is 3.08. The molecule has 1 unspecified atom stereocenters. The molecule has 0 bridgehead atoms. The zero-order chi connectivity index (χ0) is 14.9. The lowest BCUT2D eigenvalue weighted by molar-refractivity contribution is -0.137.